The van der Waals surface area contributed by atoms with Gasteiger partial charge >= 0.3 is 6.03 Å². The summed E-state index contributed by atoms with van der Waals surface area (Å²) in [6, 6.07) is 9.83. The van der Waals surface area contributed by atoms with Crippen LogP contribution in [0.1, 0.15) is 23.2 Å². The number of amides is 3. The molecule has 10 nitrogen and oxygen atoms in total. The quantitative estimate of drug-likeness (QED) is 0.575. The molecule has 1 aromatic carbocycles. The number of rotatable bonds is 7. The number of urea groups is 1. The van der Waals surface area contributed by atoms with Crippen molar-refractivity contribution in [3.05, 3.63) is 42.1 Å². The zero-order valence-corrected chi connectivity index (χ0v) is 19.4. The van der Waals surface area contributed by atoms with Crippen LogP contribution in [0.5, 0.6) is 0 Å². The van der Waals surface area contributed by atoms with Gasteiger partial charge in [0.25, 0.3) is 5.91 Å². The Morgan fingerprint density at radius 2 is 2.09 bits per heavy atom. The van der Waals surface area contributed by atoms with E-state index in [9.17, 15) is 9.59 Å². The molecule has 0 aliphatic carbocycles. The average molecular weight is 466 g/mol. The molecule has 3 aliphatic rings. The number of pyridine rings is 1. The lowest BCUT2D eigenvalue weighted by molar-refractivity contribution is 0.0848. The third-order valence-electron chi connectivity index (χ3n) is 6.59. The van der Waals surface area contributed by atoms with E-state index in [2.05, 4.69) is 43.8 Å². The number of ether oxygens (including phenoxy) is 1. The third-order valence-corrected chi connectivity index (χ3v) is 6.59. The molecule has 2 fully saturated rings. The van der Waals surface area contributed by atoms with E-state index in [-0.39, 0.29) is 11.9 Å². The van der Waals surface area contributed by atoms with E-state index in [1.807, 2.05) is 24.4 Å². The van der Waals surface area contributed by atoms with Gasteiger partial charge in [0.2, 0.25) is 0 Å². The molecule has 0 unspecified atom stereocenters. The van der Waals surface area contributed by atoms with Crippen molar-refractivity contribution >= 4 is 34.8 Å². The number of hydrogen-bond acceptors (Lipinski definition) is 7. The van der Waals surface area contributed by atoms with Crippen molar-refractivity contribution in [2.24, 2.45) is 0 Å². The van der Waals surface area contributed by atoms with Crippen molar-refractivity contribution in [3.63, 3.8) is 0 Å². The molecule has 5 rings (SSSR count). The van der Waals surface area contributed by atoms with Crippen molar-refractivity contribution in [1.82, 2.24) is 20.5 Å². The predicted octanol–water partition coefficient (Wildman–Crippen LogP) is 1.97. The summed E-state index contributed by atoms with van der Waals surface area (Å²) < 4.78 is 5.54. The van der Waals surface area contributed by atoms with Crippen LogP contribution in [-0.2, 0) is 4.74 Å². The minimum Gasteiger partial charge on any atom is -0.381 e. The Morgan fingerprint density at radius 1 is 1.24 bits per heavy atom. The molecule has 3 N–H and O–H groups in total. The number of hydrogen-bond donors (Lipinski definition) is 3. The molecule has 2 saturated heterocycles. The van der Waals surface area contributed by atoms with Gasteiger partial charge in [-0.2, -0.15) is 0 Å². The number of benzene rings is 1. The van der Waals surface area contributed by atoms with Crippen LogP contribution in [0.15, 0.2) is 36.5 Å². The van der Waals surface area contributed by atoms with E-state index >= 15 is 0 Å². The molecule has 0 atom stereocenters. The van der Waals surface area contributed by atoms with E-state index in [1.54, 1.807) is 11.0 Å². The fraction of sp³-hybridized carbons (Fsp3) is 0.458. The second-order valence-corrected chi connectivity index (χ2v) is 8.89. The molecule has 0 bridgehead atoms. The first-order valence-corrected chi connectivity index (χ1v) is 11.8. The molecule has 3 aliphatic heterocycles. The molecule has 180 valence electrons. The highest BCUT2D eigenvalue weighted by Gasteiger charge is 2.31. The fourth-order valence-corrected chi connectivity index (χ4v) is 4.74. The molecule has 3 amide bonds. The Morgan fingerprint density at radius 3 is 2.88 bits per heavy atom. The van der Waals surface area contributed by atoms with Gasteiger partial charge in [0.15, 0.2) is 0 Å². The number of fused-ring (bicyclic) bond motifs is 1. The smallest absolute Gasteiger partial charge is 0.317 e. The molecule has 0 radical (unpaired) electrons. The lowest BCUT2D eigenvalue weighted by Crippen LogP contribution is -2.41. The maximum Gasteiger partial charge on any atom is 0.317 e. The third kappa shape index (κ3) is 4.72. The van der Waals surface area contributed by atoms with Gasteiger partial charge in [-0.1, -0.05) is 6.07 Å². The monoisotopic (exact) mass is 465 g/mol. The molecular weight excluding hydrogens is 434 g/mol. The summed E-state index contributed by atoms with van der Waals surface area (Å²) in [6.45, 7) is 4.68. The highest BCUT2D eigenvalue weighted by Crippen LogP contribution is 2.39. The zero-order chi connectivity index (χ0) is 23.5. The van der Waals surface area contributed by atoms with Crippen LogP contribution in [0.2, 0.25) is 0 Å². The molecule has 2 aromatic rings. The van der Waals surface area contributed by atoms with Crippen molar-refractivity contribution in [2.45, 2.75) is 18.9 Å². The second kappa shape index (κ2) is 9.76. The lowest BCUT2D eigenvalue weighted by atomic mass is 10.1. The molecular formula is C24H31N7O3. The molecule has 0 saturated carbocycles. The first-order chi connectivity index (χ1) is 16.6. The molecule has 1 aromatic heterocycles. The van der Waals surface area contributed by atoms with E-state index in [0.717, 1.165) is 49.9 Å². The van der Waals surface area contributed by atoms with Crippen LogP contribution in [0.4, 0.5) is 27.7 Å². The van der Waals surface area contributed by atoms with Gasteiger partial charge in [-0.05, 0) is 31.0 Å². The average Bonchev–Trinajstić information content (AvgIpc) is 3.42. The summed E-state index contributed by atoms with van der Waals surface area (Å²) in [6.07, 6.45) is 3.96. The zero-order valence-electron chi connectivity index (χ0n) is 19.4. The number of anilines is 4. The number of carbonyl (C=O) groups is 2. The summed E-state index contributed by atoms with van der Waals surface area (Å²) in [5.41, 5.74) is 3.65. The van der Waals surface area contributed by atoms with Crippen molar-refractivity contribution < 1.29 is 14.3 Å². The largest absolute Gasteiger partial charge is 0.381 e. The van der Waals surface area contributed by atoms with Crippen LogP contribution >= 0.6 is 0 Å². The van der Waals surface area contributed by atoms with Crippen LogP contribution in [0.3, 0.4) is 0 Å². The molecule has 34 heavy (non-hydrogen) atoms. The van der Waals surface area contributed by atoms with Gasteiger partial charge < -0.3 is 35.4 Å². The Kier molecular flexibility index (Phi) is 6.39. The fourth-order valence-electron chi connectivity index (χ4n) is 4.74. The summed E-state index contributed by atoms with van der Waals surface area (Å²) >= 11 is 0. The van der Waals surface area contributed by atoms with Crippen molar-refractivity contribution in [3.8, 4) is 0 Å². The maximum atomic E-state index is 12.6. The minimum atomic E-state index is -0.169. The van der Waals surface area contributed by atoms with Gasteiger partial charge in [0.05, 0.1) is 24.2 Å². The Bertz CT molecular complexity index is 1060. The van der Waals surface area contributed by atoms with Gasteiger partial charge in [-0.3, -0.25) is 4.79 Å². The predicted molar refractivity (Wildman–Crippen MR) is 131 cm³/mol. The lowest BCUT2D eigenvalue weighted by Gasteiger charge is -2.32. The first-order valence-electron chi connectivity index (χ1n) is 11.8. The van der Waals surface area contributed by atoms with Crippen LogP contribution in [-0.4, -0.2) is 81.0 Å². The summed E-state index contributed by atoms with van der Waals surface area (Å²) in [5.74, 6) is 0.571. The van der Waals surface area contributed by atoms with E-state index in [4.69, 9.17) is 4.74 Å². The van der Waals surface area contributed by atoms with Crippen LogP contribution in [0, 0.1) is 0 Å². The Balaban J connectivity index is 1.24. The van der Waals surface area contributed by atoms with Crippen molar-refractivity contribution in [1.29, 1.82) is 0 Å². The van der Waals surface area contributed by atoms with Gasteiger partial charge in [0, 0.05) is 69.8 Å². The number of carbonyl (C=O) groups excluding carboxylic acids is 2. The van der Waals surface area contributed by atoms with Crippen molar-refractivity contribution in [2.75, 3.05) is 68.2 Å². The van der Waals surface area contributed by atoms with Gasteiger partial charge in [-0.15, -0.1) is 0 Å². The summed E-state index contributed by atoms with van der Waals surface area (Å²) in [7, 11) is 2.09. The van der Waals surface area contributed by atoms with Crippen LogP contribution < -0.4 is 25.8 Å². The van der Waals surface area contributed by atoms with Gasteiger partial charge in [0.1, 0.15) is 5.82 Å². The molecule has 0 spiro atoms. The Labute approximate surface area is 199 Å². The summed E-state index contributed by atoms with van der Waals surface area (Å²) in [4.78, 5) is 35.2. The molecule has 4 heterocycles. The summed E-state index contributed by atoms with van der Waals surface area (Å²) in [5, 5.41) is 9.00. The van der Waals surface area contributed by atoms with Gasteiger partial charge in [-0.25, -0.2) is 9.78 Å². The molecule has 10 heteroatoms. The highest BCUT2D eigenvalue weighted by atomic mass is 16.5. The Hall–Kier alpha value is -3.53. The minimum absolute atomic E-state index is 0.0797. The van der Waals surface area contributed by atoms with E-state index in [0.29, 0.717) is 37.8 Å². The maximum absolute atomic E-state index is 12.6. The normalized spacial score (nSPS) is 18.1. The highest BCUT2D eigenvalue weighted by molar-refractivity contribution is 5.95. The van der Waals surface area contributed by atoms with E-state index in [1.165, 1.54) is 5.69 Å². The topological polar surface area (TPSA) is 102 Å². The number of nitrogens with one attached hydrogen (secondary N) is 3. The SMILES string of the molecule is CN1CN(C2CCOCC2)c2cc(Nc3cccc(C(=O)NCCN4CCNC4=O)c3)ncc21. The number of aromatic nitrogens is 1. The first kappa shape index (κ1) is 22.3. The second-order valence-electron chi connectivity index (χ2n) is 8.89. The van der Waals surface area contributed by atoms with Crippen LogP contribution in [0.25, 0.3) is 0 Å². The van der Waals surface area contributed by atoms with E-state index < -0.39 is 0 Å². The standard InChI is InChI=1S/C24H31N7O3/c1-29-16-31(19-5-11-34-12-6-19)20-14-22(27-15-21(20)29)28-18-4-2-3-17(13-18)23(32)25-7-9-30-10-8-26-24(30)33/h2-4,13-15,19H,5-12,16H2,1H3,(H,25,32)(H,26,33)(H,27,28). The number of nitrogens with zero attached hydrogens (tertiary/aromatic N) is 4.